The van der Waals surface area contributed by atoms with Crippen LogP contribution in [0.3, 0.4) is 0 Å². The lowest BCUT2D eigenvalue weighted by atomic mass is 10.2. The summed E-state index contributed by atoms with van der Waals surface area (Å²) in [7, 11) is 1.86. The van der Waals surface area contributed by atoms with Gasteiger partial charge in [-0.2, -0.15) is 4.99 Å². The molecule has 1 saturated heterocycles. The lowest BCUT2D eigenvalue weighted by Gasteiger charge is -2.39. The summed E-state index contributed by atoms with van der Waals surface area (Å²) in [6, 6.07) is 1.98. The maximum atomic E-state index is 14.5. The van der Waals surface area contributed by atoms with Crippen LogP contribution in [-0.4, -0.2) is 84.9 Å². The van der Waals surface area contributed by atoms with Crippen molar-refractivity contribution in [1.82, 2.24) is 20.0 Å². The van der Waals surface area contributed by atoms with Gasteiger partial charge in [0.2, 0.25) is 5.96 Å². The first-order valence-corrected chi connectivity index (χ1v) is 9.28. The number of benzene rings is 1. The first-order valence-electron chi connectivity index (χ1n) is 9.28. The molecule has 4 rings (SSSR count). The van der Waals surface area contributed by atoms with E-state index in [0.29, 0.717) is 44.6 Å². The number of nitrogens with one attached hydrogen (secondary N) is 1. The Bertz CT molecular complexity index is 846. The molecule has 0 radical (unpaired) electrons. The van der Waals surface area contributed by atoms with Gasteiger partial charge in [0.25, 0.3) is 0 Å². The van der Waals surface area contributed by atoms with Gasteiger partial charge in [0, 0.05) is 51.6 Å². The lowest BCUT2D eigenvalue weighted by molar-refractivity contribution is 0.200. The Labute approximate surface area is 166 Å². The predicted molar refractivity (Wildman–Crippen MR) is 101 cm³/mol. The Morgan fingerprint density at radius 1 is 1.17 bits per heavy atom. The van der Waals surface area contributed by atoms with Crippen molar-refractivity contribution in [2.45, 2.75) is 0 Å². The van der Waals surface area contributed by atoms with Crippen LogP contribution in [0.4, 0.5) is 19.3 Å². The number of aliphatic hydroxyl groups excluding tert-OH is 1. The summed E-state index contributed by atoms with van der Waals surface area (Å²) in [5, 5.41) is 11.5. The first kappa shape index (κ1) is 19.2. The minimum Gasteiger partial charge on any atom is -0.491 e. The van der Waals surface area contributed by atoms with Gasteiger partial charge in [-0.15, -0.1) is 0 Å². The Morgan fingerprint density at radius 2 is 1.83 bits per heavy atom. The molecule has 9 nitrogen and oxygen atoms in total. The zero-order valence-electron chi connectivity index (χ0n) is 15.9. The SMILES string of the molecule is CN1C=C2N=C(N3CCN(c4c(F)cc(OCCO)cc4F)CC3)NC(=O)N2C1. The van der Waals surface area contributed by atoms with E-state index in [1.807, 2.05) is 16.8 Å². The van der Waals surface area contributed by atoms with Gasteiger partial charge in [-0.25, -0.2) is 13.6 Å². The van der Waals surface area contributed by atoms with Gasteiger partial charge in [-0.1, -0.05) is 0 Å². The lowest BCUT2D eigenvalue weighted by Crippen LogP contribution is -2.57. The molecule has 2 amide bonds. The summed E-state index contributed by atoms with van der Waals surface area (Å²) in [6.07, 6.45) is 1.79. The Balaban J connectivity index is 1.44. The maximum Gasteiger partial charge on any atom is 0.331 e. The number of hydrogen-bond donors (Lipinski definition) is 2. The number of urea groups is 1. The molecule has 1 aromatic carbocycles. The van der Waals surface area contributed by atoms with E-state index in [9.17, 15) is 13.6 Å². The average Bonchev–Trinajstić information content (AvgIpc) is 3.07. The summed E-state index contributed by atoms with van der Waals surface area (Å²) >= 11 is 0. The second-order valence-corrected chi connectivity index (χ2v) is 6.96. The second-order valence-electron chi connectivity index (χ2n) is 6.96. The van der Waals surface area contributed by atoms with E-state index < -0.39 is 11.6 Å². The Hall–Kier alpha value is -3.08. The van der Waals surface area contributed by atoms with Crippen LogP contribution in [0.25, 0.3) is 0 Å². The number of amides is 2. The molecule has 3 aliphatic rings. The summed E-state index contributed by atoms with van der Waals surface area (Å²) in [5.74, 6) is -0.380. The highest BCUT2D eigenvalue weighted by atomic mass is 19.1. The van der Waals surface area contributed by atoms with Crippen LogP contribution in [-0.2, 0) is 0 Å². The van der Waals surface area contributed by atoms with E-state index in [4.69, 9.17) is 9.84 Å². The number of carbonyl (C=O) groups excluding carboxylic acids is 1. The van der Waals surface area contributed by atoms with Crippen LogP contribution >= 0.6 is 0 Å². The molecule has 0 unspecified atom stereocenters. The number of rotatable bonds is 4. The molecule has 29 heavy (non-hydrogen) atoms. The highest BCUT2D eigenvalue weighted by molar-refractivity contribution is 5.99. The van der Waals surface area contributed by atoms with Crippen LogP contribution in [0, 0.1) is 11.6 Å². The highest BCUT2D eigenvalue weighted by Gasteiger charge is 2.33. The van der Waals surface area contributed by atoms with E-state index >= 15 is 0 Å². The van der Waals surface area contributed by atoms with Crippen LogP contribution in [0.1, 0.15) is 0 Å². The summed E-state index contributed by atoms with van der Waals surface area (Å²) in [4.78, 5) is 23.7. The summed E-state index contributed by atoms with van der Waals surface area (Å²) in [5.41, 5.74) is -0.109. The fraction of sp³-hybridized carbons (Fsp3) is 0.444. The molecule has 3 aliphatic heterocycles. The monoisotopic (exact) mass is 408 g/mol. The number of aliphatic hydroxyl groups is 1. The van der Waals surface area contributed by atoms with Crippen molar-refractivity contribution in [1.29, 1.82) is 0 Å². The average molecular weight is 408 g/mol. The molecule has 0 spiro atoms. The largest absolute Gasteiger partial charge is 0.491 e. The number of carbonyl (C=O) groups is 1. The minimum absolute atomic E-state index is 0.0333. The molecular weight excluding hydrogens is 386 g/mol. The molecule has 0 bridgehead atoms. The number of nitrogens with zero attached hydrogens (tertiary/aromatic N) is 5. The first-order chi connectivity index (χ1) is 14.0. The number of guanidine groups is 1. The van der Waals surface area contributed by atoms with Gasteiger partial charge < -0.3 is 24.5 Å². The Kier molecular flexibility index (Phi) is 5.14. The summed E-state index contributed by atoms with van der Waals surface area (Å²) < 4.78 is 34.0. The zero-order chi connectivity index (χ0) is 20.5. The van der Waals surface area contributed by atoms with E-state index in [1.165, 1.54) is 4.90 Å². The normalized spacial score (nSPS) is 19.1. The van der Waals surface area contributed by atoms with E-state index in [1.54, 1.807) is 11.1 Å². The van der Waals surface area contributed by atoms with Gasteiger partial charge in [0.1, 0.15) is 24.7 Å². The molecule has 156 valence electrons. The van der Waals surface area contributed by atoms with Crippen molar-refractivity contribution in [3.8, 4) is 5.75 Å². The topological polar surface area (TPSA) is 83.9 Å². The van der Waals surface area contributed by atoms with Gasteiger partial charge in [-0.3, -0.25) is 10.2 Å². The molecule has 0 aliphatic carbocycles. The molecule has 2 N–H and O–H groups in total. The van der Waals surface area contributed by atoms with Crippen LogP contribution in [0.5, 0.6) is 5.75 Å². The molecule has 3 heterocycles. The van der Waals surface area contributed by atoms with Crippen molar-refractivity contribution >= 4 is 17.7 Å². The van der Waals surface area contributed by atoms with Crippen molar-refractivity contribution in [3.05, 3.63) is 35.8 Å². The quantitative estimate of drug-likeness (QED) is 0.757. The number of aliphatic imine (C=N–C) groups is 1. The van der Waals surface area contributed by atoms with Gasteiger partial charge >= 0.3 is 6.03 Å². The number of anilines is 1. The molecule has 1 aromatic rings. The fourth-order valence-electron chi connectivity index (χ4n) is 3.54. The highest BCUT2D eigenvalue weighted by Crippen LogP contribution is 2.29. The minimum atomic E-state index is -0.718. The van der Waals surface area contributed by atoms with Crippen LogP contribution in [0.15, 0.2) is 29.1 Å². The van der Waals surface area contributed by atoms with Gasteiger partial charge in [-0.05, 0) is 0 Å². The molecular formula is C18H22F2N6O3. The van der Waals surface area contributed by atoms with E-state index in [-0.39, 0.29) is 30.7 Å². The van der Waals surface area contributed by atoms with Crippen LogP contribution < -0.4 is 15.0 Å². The smallest absolute Gasteiger partial charge is 0.331 e. The fourth-order valence-corrected chi connectivity index (χ4v) is 3.54. The van der Waals surface area contributed by atoms with Crippen molar-refractivity contribution in [2.24, 2.45) is 4.99 Å². The van der Waals surface area contributed by atoms with Gasteiger partial charge in [0.05, 0.1) is 6.61 Å². The standard InChI is InChI=1S/C18H22F2N6O3/c1-23-10-15-21-17(22-18(28)26(15)11-23)25-4-2-24(3-5-25)16-13(19)8-12(9-14(16)20)29-7-6-27/h8-10,27H,2-7,11H2,1H3,(H,21,22,28). The van der Waals surface area contributed by atoms with Gasteiger partial charge in [0.15, 0.2) is 17.5 Å². The number of hydrogen-bond acceptors (Lipinski definition) is 7. The van der Waals surface area contributed by atoms with E-state index in [0.717, 1.165) is 12.1 Å². The molecule has 0 saturated carbocycles. The van der Waals surface area contributed by atoms with E-state index in [2.05, 4.69) is 10.3 Å². The number of piperazine rings is 1. The zero-order valence-corrected chi connectivity index (χ0v) is 15.9. The van der Waals surface area contributed by atoms with Crippen molar-refractivity contribution in [2.75, 3.05) is 58.0 Å². The molecule has 0 aromatic heterocycles. The third kappa shape index (κ3) is 3.77. The second kappa shape index (κ2) is 7.74. The molecule has 0 atom stereocenters. The Morgan fingerprint density at radius 3 is 2.48 bits per heavy atom. The number of halogens is 2. The predicted octanol–water partition coefficient (Wildman–Crippen LogP) is 0.541. The van der Waals surface area contributed by atoms with Crippen LogP contribution in [0.2, 0.25) is 0 Å². The molecule has 11 heteroatoms. The molecule has 1 fully saturated rings. The van der Waals surface area contributed by atoms with Crippen molar-refractivity contribution in [3.63, 3.8) is 0 Å². The summed E-state index contributed by atoms with van der Waals surface area (Å²) in [6.45, 7) is 1.80. The maximum absolute atomic E-state index is 14.5. The third-order valence-corrected chi connectivity index (χ3v) is 4.91. The number of fused-ring (bicyclic) bond motifs is 1. The number of ether oxygens (including phenoxy) is 1. The van der Waals surface area contributed by atoms with Crippen molar-refractivity contribution < 1.29 is 23.4 Å². The third-order valence-electron chi connectivity index (χ3n) is 4.91.